The molecule has 1 fully saturated rings. The molecule has 0 aliphatic heterocycles. The van der Waals surface area contributed by atoms with E-state index in [1.165, 1.54) is 0 Å². The van der Waals surface area contributed by atoms with Gasteiger partial charge in [0.2, 0.25) is 0 Å². The molecule has 1 heterocycles. The number of nitrogens with zero attached hydrogens (tertiary/aromatic N) is 1. The van der Waals surface area contributed by atoms with Gasteiger partial charge in [0.1, 0.15) is 0 Å². The Morgan fingerprint density at radius 2 is 1.90 bits per heavy atom. The van der Waals surface area contributed by atoms with Crippen LogP contribution in [-0.2, 0) is 5.41 Å². The van der Waals surface area contributed by atoms with Gasteiger partial charge in [0, 0.05) is 30.4 Å². The maximum Gasteiger partial charge on any atom is 0.315 e. The van der Waals surface area contributed by atoms with Crippen LogP contribution in [0.5, 0.6) is 0 Å². The van der Waals surface area contributed by atoms with Crippen LogP contribution in [0.3, 0.4) is 0 Å². The summed E-state index contributed by atoms with van der Waals surface area (Å²) in [6, 6.07) is 4.00. The summed E-state index contributed by atoms with van der Waals surface area (Å²) in [5, 5.41) is 15.4. The van der Waals surface area contributed by atoms with Crippen LogP contribution in [0.25, 0.3) is 0 Å². The normalized spacial score (nSPS) is 22.6. The van der Waals surface area contributed by atoms with E-state index in [-0.39, 0.29) is 23.6 Å². The van der Waals surface area contributed by atoms with Gasteiger partial charge in [-0.25, -0.2) is 4.79 Å². The van der Waals surface area contributed by atoms with E-state index in [0.29, 0.717) is 6.54 Å². The second-order valence-electron chi connectivity index (χ2n) is 6.45. The molecule has 1 saturated carbocycles. The van der Waals surface area contributed by atoms with Crippen molar-refractivity contribution in [1.82, 2.24) is 15.6 Å². The zero-order valence-corrected chi connectivity index (χ0v) is 12.8. The Balaban J connectivity index is 1.78. The van der Waals surface area contributed by atoms with E-state index in [2.05, 4.69) is 29.5 Å². The summed E-state index contributed by atoms with van der Waals surface area (Å²) in [5.41, 5.74) is 1.02. The number of hydrogen-bond donors (Lipinski definition) is 3. The van der Waals surface area contributed by atoms with Gasteiger partial charge in [-0.1, -0.05) is 13.8 Å². The van der Waals surface area contributed by atoms with Gasteiger partial charge in [0.15, 0.2) is 0 Å². The van der Waals surface area contributed by atoms with Crippen LogP contribution < -0.4 is 10.6 Å². The molecule has 116 valence electrons. The molecule has 0 bridgehead atoms. The van der Waals surface area contributed by atoms with Crippen molar-refractivity contribution in [3.05, 3.63) is 30.1 Å². The Hall–Kier alpha value is -1.62. The number of urea groups is 1. The predicted molar refractivity (Wildman–Crippen MR) is 82.1 cm³/mol. The van der Waals surface area contributed by atoms with Crippen LogP contribution in [0, 0.1) is 0 Å². The molecule has 1 aromatic rings. The number of amides is 2. The van der Waals surface area contributed by atoms with E-state index in [1.54, 1.807) is 12.4 Å². The van der Waals surface area contributed by atoms with Crippen LogP contribution >= 0.6 is 0 Å². The van der Waals surface area contributed by atoms with Gasteiger partial charge in [0.05, 0.1) is 6.10 Å². The summed E-state index contributed by atoms with van der Waals surface area (Å²) >= 11 is 0. The zero-order valence-electron chi connectivity index (χ0n) is 12.8. The number of aliphatic hydroxyl groups is 1. The number of carbonyl (C=O) groups excluding carboxylic acids is 1. The highest BCUT2D eigenvalue weighted by atomic mass is 16.3. The Morgan fingerprint density at radius 3 is 2.52 bits per heavy atom. The van der Waals surface area contributed by atoms with E-state index in [9.17, 15) is 9.90 Å². The zero-order chi connectivity index (χ0) is 15.3. The van der Waals surface area contributed by atoms with Crippen molar-refractivity contribution in [3.63, 3.8) is 0 Å². The van der Waals surface area contributed by atoms with Crippen molar-refractivity contribution < 1.29 is 9.90 Å². The third-order valence-electron chi connectivity index (χ3n) is 4.18. The molecular formula is C16H25N3O2. The third-order valence-corrected chi connectivity index (χ3v) is 4.18. The van der Waals surface area contributed by atoms with Crippen LogP contribution in [-0.4, -0.2) is 34.8 Å². The summed E-state index contributed by atoms with van der Waals surface area (Å²) in [6.45, 7) is 4.76. The fraction of sp³-hybridized carbons (Fsp3) is 0.625. The fourth-order valence-corrected chi connectivity index (χ4v) is 2.66. The van der Waals surface area contributed by atoms with Crippen LogP contribution in [0.2, 0.25) is 0 Å². The first kappa shape index (κ1) is 15.8. The lowest BCUT2D eigenvalue weighted by Crippen LogP contribution is -2.47. The molecule has 0 aromatic carbocycles. The van der Waals surface area contributed by atoms with E-state index < -0.39 is 0 Å². The highest BCUT2D eigenvalue weighted by Crippen LogP contribution is 2.21. The smallest absolute Gasteiger partial charge is 0.315 e. The second-order valence-corrected chi connectivity index (χ2v) is 6.45. The Morgan fingerprint density at radius 1 is 1.29 bits per heavy atom. The number of pyridine rings is 1. The molecule has 2 rings (SSSR count). The number of carbonyl (C=O) groups is 1. The summed E-state index contributed by atoms with van der Waals surface area (Å²) < 4.78 is 0. The molecular weight excluding hydrogens is 266 g/mol. The molecule has 1 aliphatic carbocycles. The molecule has 5 nitrogen and oxygen atoms in total. The van der Waals surface area contributed by atoms with Crippen molar-refractivity contribution in [2.75, 3.05) is 6.54 Å². The molecule has 0 atom stereocenters. The van der Waals surface area contributed by atoms with E-state index in [0.717, 1.165) is 31.2 Å². The molecule has 0 saturated heterocycles. The second kappa shape index (κ2) is 6.89. The molecule has 2 amide bonds. The lowest BCUT2D eigenvalue weighted by molar-refractivity contribution is 0.117. The van der Waals surface area contributed by atoms with E-state index in [4.69, 9.17) is 0 Å². The van der Waals surface area contributed by atoms with Gasteiger partial charge in [-0.15, -0.1) is 0 Å². The molecule has 0 spiro atoms. The first-order valence-corrected chi connectivity index (χ1v) is 7.60. The summed E-state index contributed by atoms with van der Waals surface area (Å²) in [5.74, 6) is 0. The predicted octanol–water partition coefficient (Wildman–Crippen LogP) is 1.96. The first-order chi connectivity index (χ1) is 9.97. The molecule has 0 radical (unpaired) electrons. The summed E-state index contributed by atoms with van der Waals surface area (Å²) in [4.78, 5) is 16.0. The minimum Gasteiger partial charge on any atom is -0.393 e. The van der Waals surface area contributed by atoms with Gasteiger partial charge in [-0.2, -0.15) is 0 Å². The van der Waals surface area contributed by atoms with Crippen molar-refractivity contribution in [3.8, 4) is 0 Å². The van der Waals surface area contributed by atoms with Gasteiger partial charge in [0.25, 0.3) is 0 Å². The molecule has 3 N–H and O–H groups in total. The maximum absolute atomic E-state index is 12.0. The van der Waals surface area contributed by atoms with Crippen molar-refractivity contribution in [2.45, 2.75) is 57.1 Å². The Kier molecular flexibility index (Phi) is 5.17. The number of hydrogen-bond acceptors (Lipinski definition) is 3. The molecule has 21 heavy (non-hydrogen) atoms. The quantitative estimate of drug-likeness (QED) is 0.794. The van der Waals surface area contributed by atoms with Crippen LogP contribution in [0.15, 0.2) is 24.5 Å². The SMILES string of the molecule is CC(C)(CNC(=O)NC1CCC(O)CC1)c1ccncc1. The number of aliphatic hydroxyl groups excluding tert-OH is 1. The maximum atomic E-state index is 12.0. The highest BCUT2D eigenvalue weighted by molar-refractivity contribution is 5.74. The van der Waals surface area contributed by atoms with Crippen molar-refractivity contribution in [1.29, 1.82) is 0 Å². The topological polar surface area (TPSA) is 74.2 Å². The van der Waals surface area contributed by atoms with Gasteiger partial charge in [-0.05, 0) is 43.4 Å². The molecule has 1 aromatic heterocycles. The van der Waals surface area contributed by atoms with Crippen LogP contribution in [0.4, 0.5) is 4.79 Å². The van der Waals surface area contributed by atoms with Gasteiger partial charge >= 0.3 is 6.03 Å². The first-order valence-electron chi connectivity index (χ1n) is 7.60. The Labute approximate surface area is 126 Å². The molecule has 5 heteroatoms. The monoisotopic (exact) mass is 291 g/mol. The standard InChI is InChI=1S/C16H25N3O2/c1-16(2,12-7-9-17-10-8-12)11-18-15(21)19-13-3-5-14(20)6-4-13/h7-10,13-14,20H,3-6,11H2,1-2H3,(H2,18,19,21). The number of nitrogens with one attached hydrogen (secondary N) is 2. The average molecular weight is 291 g/mol. The van der Waals surface area contributed by atoms with Crippen molar-refractivity contribution in [2.24, 2.45) is 0 Å². The fourth-order valence-electron chi connectivity index (χ4n) is 2.66. The van der Waals surface area contributed by atoms with E-state index >= 15 is 0 Å². The third kappa shape index (κ3) is 4.70. The van der Waals surface area contributed by atoms with Gasteiger partial charge < -0.3 is 15.7 Å². The minimum atomic E-state index is -0.197. The Bertz CT molecular complexity index is 454. The number of aromatic nitrogens is 1. The number of rotatable bonds is 4. The van der Waals surface area contributed by atoms with Crippen LogP contribution in [0.1, 0.15) is 45.1 Å². The summed E-state index contributed by atoms with van der Waals surface area (Å²) in [7, 11) is 0. The minimum absolute atomic E-state index is 0.126. The average Bonchev–Trinajstić information content (AvgIpc) is 2.49. The summed E-state index contributed by atoms with van der Waals surface area (Å²) in [6.07, 6.45) is 6.58. The highest BCUT2D eigenvalue weighted by Gasteiger charge is 2.23. The molecule has 1 aliphatic rings. The lowest BCUT2D eigenvalue weighted by atomic mass is 9.85. The molecule has 0 unspecified atom stereocenters. The van der Waals surface area contributed by atoms with E-state index in [1.807, 2.05) is 12.1 Å². The van der Waals surface area contributed by atoms with Gasteiger partial charge in [-0.3, -0.25) is 4.98 Å². The lowest BCUT2D eigenvalue weighted by Gasteiger charge is -2.28. The largest absolute Gasteiger partial charge is 0.393 e. The van der Waals surface area contributed by atoms with Crippen molar-refractivity contribution >= 4 is 6.03 Å².